The molecule has 0 fully saturated rings. The van der Waals surface area contributed by atoms with Crippen molar-refractivity contribution in [2.45, 2.75) is 26.8 Å². The van der Waals surface area contributed by atoms with Crippen LogP contribution in [-0.2, 0) is 14.8 Å². The van der Waals surface area contributed by atoms with E-state index in [4.69, 9.17) is 4.74 Å². The minimum absolute atomic E-state index is 0.399. The van der Waals surface area contributed by atoms with Gasteiger partial charge in [-0.05, 0) is 68.8 Å². The van der Waals surface area contributed by atoms with E-state index in [0.717, 1.165) is 20.6 Å². The number of halogens is 1. The number of hydrogen-bond acceptors (Lipinski definition) is 4. The van der Waals surface area contributed by atoms with E-state index in [1.165, 1.54) is 0 Å². The normalized spacial score (nSPS) is 12.3. The summed E-state index contributed by atoms with van der Waals surface area (Å²) in [5.74, 6) is 0.216. The quantitative estimate of drug-likeness (QED) is 0.686. The van der Waals surface area contributed by atoms with E-state index in [1.54, 1.807) is 37.3 Å². The van der Waals surface area contributed by atoms with E-state index in [2.05, 4.69) is 21.2 Å². The first-order valence-corrected chi connectivity index (χ1v) is 11.1. The average Bonchev–Trinajstić information content (AvgIpc) is 2.59. The lowest BCUT2D eigenvalue weighted by atomic mass is 10.2. The molecule has 0 saturated heterocycles. The van der Waals surface area contributed by atoms with Crippen LogP contribution < -0.4 is 14.4 Å². The smallest absolute Gasteiger partial charge is 0.247 e. The van der Waals surface area contributed by atoms with Crippen LogP contribution in [0.4, 0.5) is 11.4 Å². The molecule has 0 spiro atoms. The Hall–Kier alpha value is -2.06. The van der Waals surface area contributed by atoms with Gasteiger partial charge in [0.05, 0.1) is 18.6 Å². The number of amides is 1. The predicted octanol–water partition coefficient (Wildman–Crippen LogP) is 3.95. The number of rotatable bonds is 7. The molecule has 0 aliphatic rings. The summed E-state index contributed by atoms with van der Waals surface area (Å²) in [4.78, 5) is 12.7. The van der Waals surface area contributed by atoms with Gasteiger partial charge in [-0.2, -0.15) is 0 Å². The molecule has 0 aromatic heterocycles. The Morgan fingerprint density at radius 1 is 1.22 bits per heavy atom. The summed E-state index contributed by atoms with van der Waals surface area (Å²) in [5.41, 5.74) is 1.97. The number of ether oxygens (including phenoxy) is 1. The molecule has 2 aromatic carbocycles. The van der Waals surface area contributed by atoms with Crippen molar-refractivity contribution in [2.75, 3.05) is 22.5 Å². The van der Waals surface area contributed by atoms with Crippen LogP contribution in [0, 0.1) is 6.92 Å². The Kier molecular flexibility index (Phi) is 6.89. The molecule has 0 aliphatic heterocycles. The van der Waals surface area contributed by atoms with Gasteiger partial charge in [0.1, 0.15) is 11.8 Å². The zero-order valence-corrected chi connectivity index (χ0v) is 18.1. The number of nitrogens with one attached hydrogen (secondary N) is 1. The number of sulfonamides is 1. The molecule has 0 heterocycles. The van der Waals surface area contributed by atoms with Gasteiger partial charge in [-0.1, -0.05) is 15.9 Å². The van der Waals surface area contributed by atoms with E-state index < -0.39 is 22.0 Å². The van der Waals surface area contributed by atoms with Crippen LogP contribution in [0.15, 0.2) is 46.9 Å². The summed E-state index contributed by atoms with van der Waals surface area (Å²) in [6.07, 6.45) is 1.08. The van der Waals surface area contributed by atoms with Crippen LogP contribution in [0.2, 0.25) is 0 Å². The zero-order chi connectivity index (χ0) is 20.2. The van der Waals surface area contributed by atoms with Gasteiger partial charge in [0, 0.05) is 10.2 Å². The van der Waals surface area contributed by atoms with Gasteiger partial charge in [-0.25, -0.2) is 8.42 Å². The van der Waals surface area contributed by atoms with E-state index in [-0.39, 0.29) is 0 Å². The maximum Gasteiger partial charge on any atom is 0.247 e. The van der Waals surface area contributed by atoms with Gasteiger partial charge in [0.15, 0.2) is 0 Å². The second-order valence-electron chi connectivity index (χ2n) is 6.11. The summed E-state index contributed by atoms with van der Waals surface area (Å²) in [7, 11) is -3.67. The summed E-state index contributed by atoms with van der Waals surface area (Å²) >= 11 is 3.41. The molecule has 1 N–H and O–H groups in total. The second-order valence-corrected chi connectivity index (χ2v) is 8.83. The van der Waals surface area contributed by atoms with Crippen LogP contribution in [0.3, 0.4) is 0 Å². The van der Waals surface area contributed by atoms with Crippen molar-refractivity contribution in [1.82, 2.24) is 0 Å². The second kappa shape index (κ2) is 8.75. The van der Waals surface area contributed by atoms with Crippen LogP contribution in [-0.4, -0.2) is 33.2 Å². The molecule has 1 amide bonds. The fraction of sp³-hybridized carbons (Fsp3) is 0.316. The number of aryl methyl sites for hydroxylation is 1. The standard InChI is InChI=1S/C19H23BrN2O4S/c1-5-26-17-9-7-16(8-10-17)22(27(4,24)25)14(3)19(23)21-15-6-11-18(20)13(2)12-15/h6-12,14H,5H2,1-4H3,(H,21,23). The van der Waals surface area contributed by atoms with Crippen molar-refractivity contribution in [3.63, 3.8) is 0 Å². The lowest BCUT2D eigenvalue weighted by Gasteiger charge is -2.28. The van der Waals surface area contributed by atoms with Crippen molar-refractivity contribution < 1.29 is 17.9 Å². The molecule has 146 valence electrons. The van der Waals surface area contributed by atoms with Gasteiger partial charge in [-0.15, -0.1) is 0 Å². The molecule has 0 bridgehead atoms. The van der Waals surface area contributed by atoms with Crippen molar-refractivity contribution in [2.24, 2.45) is 0 Å². The summed E-state index contributed by atoms with van der Waals surface area (Å²) in [6.45, 7) is 5.85. The van der Waals surface area contributed by atoms with Crippen LogP contribution >= 0.6 is 15.9 Å². The number of anilines is 2. The predicted molar refractivity (Wildman–Crippen MR) is 112 cm³/mol. The zero-order valence-electron chi connectivity index (χ0n) is 15.7. The van der Waals surface area contributed by atoms with E-state index in [1.807, 2.05) is 26.0 Å². The molecule has 8 heteroatoms. The van der Waals surface area contributed by atoms with Gasteiger partial charge >= 0.3 is 0 Å². The van der Waals surface area contributed by atoms with E-state index >= 15 is 0 Å². The summed E-state index contributed by atoms with van der Waals surface area (Å²) < 4.78 is 32.1. The Balaban J connectivity index is 2.27. The monoisotopic (exact) mass is 454 g/mol. The Morgan fingerprint density at radius 2 is 1.85 bits per heavy atom. The molecular weight excluding hydrogens is 432 g/mol. The van der Waals surface area contributed by atoms with E-state index in [9.17, 15) is 13.2 Å². The first-order chi connectivity index (χ1) is 12.6. The summed E-state index contributed by atoms with van der Waals surface area (Å²) in [6, 6.07) is 11.1. The Morgan fingerprint density at radius 3 is 2.37 bits per heavy atom. The van der Waals surface area contributed by atoms with Crippen molar-refractivity contribution in [3.05, 3.63) is 52.5 Å². The Bertz CT molecular complexity index is 914. The molecule has 0 saturated carbocycles. The lowest BCUT2D eigenvalue weighted by molar-refractivity contribution is -0.116. The number of carbonyl (C=O) groups excluding carboxylic acids is 1. The first kappa shape index (κ1) is 21.2. The number of benzene rings is 2. The minimum atomic E-state index is -3.67. The Labute approximate surface area is 168 Å². The van der Waals surface area contributed by atoms with Gasteiger partial charge in [0.25, 0.3) is 0 Å². The highest BCUT2D eigenvalue weighted by atomic mass is 79.9. The van der Waals surface area contributed by atoms with Crippen LogP contribution in [0.5, 0.6) is 5.75 Å². The highest BCUT2D eigenvalue weighted by molar-refractivity contribution is 9.10. The van der Waals surface area contributed by atoms with Crippen LogP contribution in [0.1, 0.15) is 19.4 Å². The molecule has 2 rings (SSSR count). The average molecular weight is 455 g/mol. The molecule has 2 aromatic rings. The van der Waals surface area contributed by atoms with E-state index in [0.29, 0.717) is 23.7 Å². The van der Waals surface area contributed by atoms with Gasteiger partial charge < -0.3 is 10.1 Å². The third-order valence-corrected chi connectivity index (χ3v) is 6.05. The highest BCUT2D eigenvalue weighted by Gasteiger charge is 2.29. The molecule has 6 nitrogen and oxygen atoms in total. The highest BCUT2D eigenvalue weighted by Crippen LogP contribution is 2.25. The molecule has 0 aliphatic carbocycles. The van der Waals surface area contributed by atoms with Crippen molar-refractivity contribution in [3.8, 4) is 5.75 Å². The third-order valence-electron chi connectivity index (χ3n) is 3.92. The summed E-state index contributed by atoms with van der Waals surface area (Å²) in [5, 5.41) is 2.77. The largest absolute Gasteiger partial charge is 0.494 e. The lowest BCUT2D eigenvalue weighted by Crippen LogP contribution is -2.45. The van der Waals surface area contributed by atoms with Crippen molar-refractivity contribution >= 4 is 43.2 Å². The number of carbonyl (C=O) groups is 1. The SMILES string of the molecule is CCOc1ccc(N(C(C)C(=O)Nc2ccc(Br)c(C)c2)S(C)(=O)=O)cc1. The van der Waals surface area contributed by atoms with Crippen molar-refractivity contribution in [1.29, 1.82) is 0 Å². The third kappa shape index (κ3) is 5.46. The molecule has 0 radical (unpaired) electrons. The fourth-order valence-corrected chi connectivity index (χ4v) is 4.06. The molecule has 1 unspecified atom stereocenters. The molecule has 27 heavy (non-hydrogen) atoms. The van der Waals surface area contributed by atoms with Gasteiger partial charge in [-0.3, -0.25) is 9.10 Å². The van der Waals surface area contributed by atoms with Crippen LogP contribution in [0.25, 0.3) is 0 Å². The maximum absolute atomic E-state index is 12.7. The van der Waals surface area contributed by atoms with Gasteiger partial charge in [0.2, 0.25) is 15.9 Å². The number of hydrogen-bond donors (Lipinski definition) is 1. The number of nitrogens with zero attached hydrogens (tertiary/aromatic N) is 1. The fourth-order valence-electron chi connectivity index (χ4n) is 2.63. The molecular formula is C19H23BrN2O4S. The maximum atomic E-state index is 12.7. The first-order valence-electron chi connectivity index (χ1n) is 8.42. The molecule has 1 atom stereocenters. The minimum Gasteiger partial charge on any atom is -0.494 e. The topological polar surface area (TPSA) is 75.7 Å².